The van der Waals surface area contributed by atoms with E-state index in [4.69, 9.17) is 14.5 Å². The number of piperazine rings is 1. The minimum Gasteiger partial charge on any atom is -0.450 e. The summed E-state index contributed by atoms with van der Waals surface area (Å²) in [5.41, 5.74) is 4.29. The quantitative estimate of drug-likeness (QED) is 0.323. The fraction of sp³-hybridized carbons (Fsp3) is 0.400. The average molecular weight is 573 g/mol. The van der Waals surface area contributed by atoms with E-state index in [2.05, 4.69) is 30.2 Å². The molecule has 2 N–H and O–H groups in total. The van der Waals surface area contributed by atoms with Crippen LogP contribution in [0.2, 0.25) is 0 Å². The minimum absolute atomic E-state index is 0.0373. The second-order valence-electron chi connectivity index (χ2n) is 11.2. The van der Waals surface area contributed by atoms with E-state index in [-0.39, 0.29) is 24.7 Å². The molecule has 1 aliphatic heterocycles. The standard InChI is InChI=1S/C30H36N8O4/c1-6-41-28(39)36-27-34-24-15-21(14-23(25(24)35-27)26-31-10-7-11-32-26)20-8-9-22(33-16-20)18-37-12-13-38(19(2)17-37)29(40)42-30(3,4)5/h7-11,14-16,19H,6,12-13,17-18H2,1-5H3,(H2,34,35,36,39). The average Bonchev–Trinajstić information content (AvgIpc) is 3.34. The number of amides is 2. The third kappa shape index (κ3) is 6.82. The van der Waals surface area contributed by atoms with Crippen LogP contribution < -0.4 is 5.32 Å². The SMILES string of the molecule is CCOC(=O)Nc1nc2cc(-c3ccc(CN4CCN(C(=O)OC(C)(C)C)C(C)C4)nc3)cc(-c3ncccn3)c2[nH]1. The highest BCUT2D eigenvalue weighted by atomic mass is 16.6. The van der Waals surface area contributed by atoms with E-state index < -0.39 is 11.7 Å². The van der Waals surface area contributed by atoms with Crippen LogP contribution in [0, 0.1) is 0 Å². The van der Waals surface area contributed by atoms with Crippen LogP contribution in [0.25, 0.3) is 33.5 Å². The number of benzene rings is 1. The van der Waals surface area contributed by atoms with Gasteiger partial charge in [0.15, 0.2) is 5.82 Å². The van der Waals surface area contributed by atoms with Gasteiger partial charge in [0.05, 0.1) is 23.3 Å². The maximum atomic E-state index is 12.6. The largest absolute Gasteiger partial charge is 0.450 e. The molecular formula is C30H36N8O4. The van der Waals surface area contributed by atoms with Gasteiger partial charge in [0.1, 0.15) is 5.60 Å². The van der Waals surface area contributed by atoms with Gasteiger partial charge in [-0.3, -0.25) is 15.2 Å². The molecule has 1 aliphatic rings. The van der Waals surface area contributed by atoms with Gasteiger partial charge in [-0.05, 0) is 64.4 Å². The predicted octanol–water partition coefficient (Wildman–Crippen LogP) is 5.09. The predicted molar refractivity (Wildman–Crippen MR) is 159 cm³/mol. The third-order valence-corrected chi connectivity index (χ3v) is 6.78. The fourth-order valence-electron chi connectivity index (χ4n) is 4.90. The molecule has 1 saturated heterocycles. The molecule has 0 radical (unpaired) electrons. The van der Waals surface area contributed by atoms with E-state index in [1.54, 1.807) is 30.3 Å². The summed E-state index contributed by atoms with van der Waals surface area (Å²) in [6.07, 6.45) is 4.35. The molecule has 3 aromatic heterocycles. The van der Waals surface area contributed by atoms with Gasteiger partial charge in [-0.2, -0.15) is 0 Å². The van der Waals surface area contributed by atoms with Crippen molar-refractivity contribution in [2.24, 2.45) is 0 Å². The summed E-state index contributed by atoms with van der Waals surface area (Å²) in [5, 5.41) is 2.62. The molecule has 12 heteroatoms. The van der Waals surface area contributed by atoms with Crippen molar-refractivity contribution >= 4 is 29.2 Å². The molecule has 12 nitrogen and oxygen atoms in total. The molecule has 5 rings (SSSR count). The third-order valence-electron chi connectivity index (χ3n) is 6.78. The number of aromatic nitrogens is 5. The van der Waals surface area contributed by atoms with Crippen molar-refractivity contribution in [3.63, 3.8) is 0 Å². The number of nitrogens with one attached hydrogen (secondary N) is 2. The number of anilines is 1. The first-order valence-electron chi connectivity index (χ1n) is 14.0. The molecular weight excluding hydrogens is 536 g/mol. The van der Waals surface area contributed by atoms with Gasteiger partial charge in [0, 0.05) is 61.9 Å². The Morgan fingerprint density at radius 2 is 1.88 bits per heavy atom. The number of hydrogen-bond acceptors (Lipinski definition) is 9. The molecule has 4 heterocycles. The number of ether oxygens (including phenoxy) is 2. The Hall–Kier alpha value is -4.58. The monoisotopic (exact) mass is 572 g/mol. The van der Waals surface area contributed by atoms with Gasteiger partial charge in [-0.1, -0.05) is 6.07 Å². The number of carbonyl (C=O) groups is 2. The van der Waals surface area contributed by atoms with Crippen LogP contribution in [0.4, 0.5) is 15.5 Å². The second-order valence-corrected chi connectivity index (χ2v) is 11.2. The molecule has 1 fully saturated rings. The number of pyridine rings is 1. The van der Waals surface area contributed by atoms with E-state index in [1.165, 1.54) is 0 Å². The molecule has 1 aromatic carbocycles. The van der Waals surface area contributed by atoms with Crippen LogP contribution in [0.5, 0.6) is 0 Å². The van der Waals surface area contributed by atoms with Crippen molar-refractivity contribution < 1.29 is 19.1 Å². The Balaban J connectivity index is 1.33. The van der Waals surface area contributed by atoms with Crippen LogP contribution in [0.15, 0.2) is 48.9 Å². The minimum atomic E-state index is -0.588. The number of rotatable bonds is 6. The molecule has 42 heavy (non-hydrogen) atoms. The van der Waals surface area contributed by atoms with Crippen molar-refractivity contribution in [2.75, 3.05) is 31.6 Å². The number of fused-ring (bicyclic) bond motifs is 1. The van der Waals surface area contributed by atoms with Crippen molar-refractivity contribution in [3.8, 4) is 22.5 Å². The van der Waals surface area contributed by atoms with E-state index in [1.807, 2.05) is 58.2 Å². The number of hydrogen-bond donors (Lipinski definition) is 2. The van der Waals surface area contributed by atoms with Gasteiger partial charge >= 0.3 is 12.2 Å². The lowest BCUT2D eigenvalue weighted by Gasteiger charge is -2.40. The maximum absolute atomic E-state index is 12.6. The summed E-state index contributed by atoms with van der Waals surface area (Å²) in [7, 11) is 0. The topological polar surface area (TPSA) is 138 Å². The molecule has 0 saturated carbocycles. The van der Waals surface area contributed by atoms with Crippen LogP contribution in [0.1, 0.15) is 40.3 Å². The Labute approximate surface area is 244 Å². The molecule has 220 valence electrons. The lowest BCUT2D eigenvalue weighted by molar-refractivity contribution is 0.000429. The Morgan fingerprint density at radius 1 is 1.10 bits per heavy atom. The zero-order valence-corrected chi connectivity index (χ0v) is 24.5. The Bertz CT molecular complexity index is 1550. The smallest absolute Gasteiger partial charge is 0.413 e. The van der Waals surface area contributed by atoms with Crippen molar-refractivity contribution in [3.05, 3.63) is 54.6 Å². The highest BCUT2D eigenvalue weighted by Crippen LogP contribution is 2.32. The number of nitrogens with zero attached hydrogens (tertiary/aromatic N) is 6. The number of aromatic amines is 1. The van der Waals surface area contributed by atoms with Gasteiger partial charge in [-0.25, -0.2) is 24.5 Å². The summed E-state index contributed by atoms with van der Waals surface area (Å²) >= 11 is 0. The lowest BCUT2D eigenvalue weighted by Crippen LogP contribution is -2.54. The van der Waals surface area contributed by atoms with Crippen LogP contribution >= 0.6 is 0 Å². The van der Waals surface area contributed by atoms with Gasteiger partial charge in [0.2, 0.25) is 5.95 Å². The highest BCUT2D eigenvalue weighted by Gasteiger charge is 2.31. The summed E-state index contributed by atoms with van der Waals surface area (Å²) in [6.45, 7) is 12.4. The van der Waals surface area contributed by atoms with Gasteiger partial charge in [-0.15, -0.1) is 0 Å². The zero-order valence-electron chi connectivity index (χ0n) is 24.5. The highest BCUT2D eigenvalue weighted by molar-refractivity contribution is 5.96. The maximum Gasteiger partial charge on any atom is 0.413 e. The fourth-order valence-corrected chi connectivity index (χ4v) is 4.90. The van der Waals surface area contributed by atoms with E-state index in [9.17, 15) is 9.59 Å². The molecule has 1 atom stereocenters. The number of imidazole rings is 1. The first-order valence-corrected chi connectivity index (χ1v) is 14.0. The summed E-state index contributed by atoms with van der Waals surface area (Å²) in [4.78, 5) is 49.9. The molecule has 2 amide bonds. The summed E-state index contributed by atoms with van der Waals surface area (Å²) in [5.74, 6) is 0.798. The number of H-pyrrole nitrogens is 1. The number of carbonyl (C=O) groups excluding carboxylic acids is 2. The van der Waals surface area contributed by atoms with E-state index >= 15 is 0 Å². The molecule has 0 bridgehead atoms. The first kappa shape index (κ1) is 28.9. The van der Waals surface area contributed by atoms with Crippen molar-refractivity contribution in [2.45, 2.75) is 52.8 Å². The molecule has 0 aliphatic carbocycles. The second kappa shape index (κ2) is 12.1. The zero-order chi connectivity index (χ0) is 29.9. The normalized spacial score (nSPS) is 15.9. The Morgan fingerprint density at radius 3 is 2.55 bits per heavy atom. The summed E-state index contributed by atoms with van der Waals surface area (Å²) < 4.78 is 10.6. The van der Waals surface area contributed by atoms with Gasteiger partial charge in [0.25, 0.3) is 0 Å². The van der Waals surface area contributed by atoms with Crippen molar-refractivity contribution in [1.82, 2.24) is 34.7 Å². The summed E-state index contributed by atoms with van der Waals surface area (Å²) in [6, 6.07) is 9.76. The molecule has 1 unspecified atom stereocenters. The molecule has 0 spiro atoms. The van der Waals surface area contributed by atoms with Crippen LogP contribution in [-0.4, -0.2) is 84.8 Å². The van der Waals surface area contributed by atoms with Crippen molar-refractivity contribution in [1.29, 1.82) is 0 Å². The van der Waals surface area contributed by atoms with Gasteiger partial charge < -0.3 is 19.4 Å². The van der Waals surface area contributed by atoms with E-state index in [0.717, 1.165) is 35.5 Å². The van der Waals surface area contributed by atoms with E-state index in [0.29, 0.717) is 29.9 Å². The molecule has 4 aromatic rings. The van der Waals surface area contributed by atoms with Crippen LogP contribution in [-0.2, 0) is 16.0 Å². The lowest BCUT2D eigenvalue weighted by atomic mass is 10.0. The first-order chi connectivity index (χ1) is 20.1. The van der Waals surface area contributed by atoms with Crippen LogP contribution in [0.3, 0.4) is 0 Å². The Kier molecular flexibility index (Phi) is 8.34.